The van der Waals surface area contributed by atoms with Crippen molar-refractivity contribution in [3.05, 3.63) is 24.3 Å². The van der Waals surface area contributed by atoms with E-state index in [-0.39, 0.29) is 0 Å². The lowest BCUT2D eigenvalue weighted by atomic mass is 9.96. The van der Waals surface area contributed by atoms with Gasteiger partial charge in [0.1, 0.15) is 5.78 Å². The van der Waals surface area contributed by atoms with Crippen LogP contribution < -0.4 is 0 Å². The van der Waals surface area contributed by atoms with E-state index in [1.165, 1.54) is 38.5 Å². The van der Waals surface area contributed by atoms with Gasteiger partial charge in [-0.15, -0.1) is 0 Å². The van der Waals surface area contributed by atoms with Crippen molar-refractivity contribution in [1.29, 1.82) is 0 Å². The first-order chi connectivity index (χ1) is 9.18. The zero-order valence-electron chi connectivity index (χ0n) is 12.7. The Hall–Kier alpha value is -0.850. The molecule has 0 aromatic rings. The van der Waals surface area contributed by atoms with Crippen molar-refractivity contribution in [2.24, 2.45) is 11.8 Å². The van der Waals surface area contributed by atoms with E-state index in [2.05, 4.69) is 38.2 Å². The van der Waals surface area contributed by atoms with E-state index in [0.29, 0.717) is 24.0 Å². The quantitative estimate of drug-likeness (QED) is 0.529. The zero-order valence-corrected chi connectivity index (χ0v) is 12.7. The fourth-order valence-electron chi connectivity index (χ4n) is 2.55. The fourth-order valence-corrected chi connectivity index (χ4v) is 2.55. The third-order valence-electron chi connectivity index (χ3n) is 3.85. The summed E-state index contributed by atoms with van der Waals surface area (Å²) in [6.45, 7) is 4.37. The van der Waals surface area contributed by atoms with Gasteiger partial charge in [-0.25, -0.2) is 0 Å². The lowest BCUT2D eigenvalue weighted by Gasteiger charge is -2.08. The average Bonchev–Trinajstić information content (AvgIpc) is 2.37. The van der Waals surface area contributed by atoms with Crippen LogP contribution in [0.25, 0.3) is 0 Å². The topological polar surface area (TPSA) is 17.1 Å². The van der Waals surface area contributed by atoms with E-state index >= 15 is 0 Å². The van der Waals surface area contributed by atoms with E-state index < -0.39 is 0 Å². The van der Waals surface area contributed by atoms with Gasteiger partial charge in [-0.2, -0.15) is 0 Å². The molecule has 0 aromatic heterocycles. The second-order valence-corrected chi connectivity index (χ2v) is 6.08. The highest BCUT2D eigenvalue weighted by Gasteiger charge is 2.08. The first-order valence-electron chi connectivity index (χ1n) is 8.03. The fraction of sp³-hybridized carbons (Fsp3) is 0.722. The SMILES string of the molecule is CC1C=CCCCCCCC=CC(C)CC(=O)CC1. The number of carbonyl (C=O) groups excluding carboxylic acids is 1. The number of Topliss-reactive ketones (excluding diaryl/α,β-unsaturated/α-hetero) is 1. The molecular formula is C18H30O. The summed E-state index contributed by atoms with van der Waals surface area (Å²) < 4.78 is 0. The standard InChI is InChI=1S/C18H30O/c1-16-11-9-7-5-3-4-6-8-10-12-17(2)15-18(19)14-13-16/h9-12,16-17H,3-8,13-15H2,1-2H3. The maximum Gasteiger partial charge on any atom is 0.133 e. The molecule has 0 saturated heterocycles. The van der Waals surface area contributed by atoms with Gasteiger partial charge in [-0.05, 0) is 43.9 Å². The normalized spacial score (nSPS) is 28.4. The van der Waals surface area contributed by atoms with Gasteiger partial charge < -0.3 is 0 Å². The average molecular weight is 262 g/mol. The van der Waals surface area contributed by atoms with Crippen LogP contribution in [0.1, 0.15) is 71.6 Å². The van der Waals surface area contributed by atoms with Gasteiger partial charge in [-0.3, -0.25) is 4.79 Å². The molecule has 1 aliphatic rings. The van der Waals surface area contributed by atoms with Gasteiger partial charge >= 0.3 is 0 Å². The summed E-state index contributed by atoms with van der Waals surface area (Å²) in [5.41, 5.74) is 0. The third kappa shape index (κ3) is 8.80. The Kier molecular flexibility index (Phi) is 8.53. The highest BCUT2D eigenvalue weighted by Crippen LogP contribution is 2.15. The molecule has 0 N–H and O–H groups in total. The molecule has 0 aliphatic heterocycles. The number of allylic oxidation sites excluding steroid dienone is 4. The predicted molar refractivity (Wildman–Crippen MR) is 83.2 cm³/mol. The molecule has 0 fully saturated rings. The second-order valence-electron chi connectivity index (χ2n) is 6.08. The van der Waals surface area contributed by atoms with Crippen LogP contribution in [0.2, 0.25) is 0 Å². The summed E-state index contributed by atoms with van der Waals surface area (Å²) in [7, 11) is 0. The highest BCUT2D eigenvalue weighted by molar-refractivity contribution is 5.78. The van der Waals surface area contributed by atoms with Crippen molar-refractivity contribution >= 4 is 5.78 Å². The number of carbonyl (C=O) groups is 1. The van der Waals surface area contributed by atoms with Gasteiger partial charge in [0.2, 0.25) is 0 Å². The van der Waals surface area contributed by atoms with Crippen LogP contribution in [0.4, 0.5) is 0 Å². The van der Waals surface area contributed by atoms with E-state index in [1.807, 2.05) is 0 Å². The zero-order chi connectivity index (χ0) is 13.9. The molecule has 1 aliphatic carbocycles. The van der Waals surface area contributed by atoms with Gasteiger partial charge in [0.15, 0.2) is 0 Å². The van der Waals surface area contributed by atoms with E-state index in [4.69, 9.17) is 0 Å². The minimum Gasteiger partial charge on any atom is -0.300 e. The van der Waals surface area contributed by atoms with Crippen LogP contribution >= 0.6 is 0 Å². The molecule has 1 nitrogen and oxygen atoms in total. The number of rotatable bonds is 0. The van der Waals surface area contributed by atoms with Crippen LogP contribution in [-0.4, -0.2) is 5.78 Å². The van der Waals surface area contributed by atoms with Gasteiger partial charge in [-0.1, -0.05) is 51.0 Å². The largest absolute Gasteiger partial charge is 0.300 e. The highest BCUT2D eigenvalue weighted by atomic mass is 16.1. The van der Waals surface area contributed by atoms with Crippen molar-refractivity contribution in [2.75, 3.05) is 0 Å². The first kappa shape index (κ1) is 16.2. The summed E-state index contributed by atoms with van der Waals surface area (Å²) in [6, 6.07) is 0. The van der Waals surface area contributed by atoms with Crippen LogP contribution in [0, 0.1) is 11.8 Å². The molecule has 0 spiro atoms. The molecule has 2 unspecified atom stereocenters. The monoisotopic (exact) mass is 262 g/mol. The van der Waals surface area contributed by atoms with Gasteiger partial charge in [0.25, 0.3) is 0 Å². The number of hydrogen-bond acceptors (Lipinski definition) is 1. The summed E-state index contributed by atoms with van der Waals surface area (Å²) in [5.74, 6) is 1.37. The van der Waals surface area contributed by atoms with Crippen molar-refractivity contribution in [1.82, 2.24) is 0 Å². The minimum atomic E-state index is 0.409. The van der Waals surface area contributed by atoms with Crippen LogP contribution in [0.3, 0.4) is 0 Å². The van der Waals surface area contributed by atoms with Crippen LogP contribution in [-0.2, 0) is 4.79 Å². The Morgan fingerprint density at radius 1 is 0.895 bits per heavy atom. The Bertz CT molecular complexity index is 301. The van der Waals surface area contributed by atoms with E-state index in [0.717, 1.165) is 12.8 Å². The minimum absolute atomic E-state index is 0.409. The van der Waals surface area contributed by atoms with Crippen molar-refractivity contribution in [3.8, 4) is 0 Å². The molecule has 0 amide bonds. The van der Waals surface area contributed by atoms with Crippen molar-refractivity contribution in [3.63, 3.8) is 0 Å². The number of hydrogen-bond donors (Lipinski definition) is 0. The molecule has 0 bridgehead atoms. The molecule has 108 valence electrons. The molecule has 0 saturated carbocycles. The van der Waals surface area contributed by atoms with Gasteiger partial charge in [0, 0.05) is 12.8 Å². The molecular weight excluding hydrogens is 232 g/mol. The third-order valence-corrected chi connectivity index (χ3v) is 3.85. The molecule has 2 atom stereocenters. The van der Waals surface area contributed by atoms with Crippen LogP contribution in [0.15, 0.2) is 24.3 Å². The smallest absolute Gasteiger partial charge is 0.133 e. The molecule has 0 radical (unpaired) electrons. The summed E-state index contributed by atoms with van der Waals surface area (Å²) in [5, 5.41) is 0. The van der Waals surface area contributed by atoms with E-state index in [1.54, 1.807) is 0 Å². The second kappa shape index (κ2) is 10.00. The first-order valence-corrected chi connectivity index (χ1v) is 8.03. The Morgan fingerprint density at radius 2 is 1.47 bits per heavy atom. The number of ketones is 1. The lowest BCUT2D eigenvalue weighted by molar-refractivity contribution is -0.119. The Morgan fingerprint density at radius 3 is 2.11 bits per heavy atom. The predicted octanol–water partition coefficient (Wildman–Crippen LogP) is 5.46. The van der Waals surface area contributed by atoms with Crippen molar-refractivity contribution < 1.29 is 4.79 Å². The Balaban J connectivity index is 2.44. The molecule has 1 heteroatoms. The maximum atomic E-state index is 11.9. The summed E-state index contributed by atoms with van der Waals surface area (Å²) >= 11 is 0. The molecule has 0 heterocycles. The van der Waals surface area contributed by atoms with Crippen molar-refractivity contribution in [2.45, 2.75) is 71.6 Å². The lowest BCUT2D eigenvalue weighted by Crippen LogP contribution is -2.05. The molecule has 0 aromatic carbocycles. The van der Waals surface area contributed by atoms with Gasteiger partial charge in [0.05, 0.1) is 0 Å². The maximum absolute atomic E-state index is 11.9. The Labute approximate surface area is 119 Å². The molecule has 1 rings (SSSR count). The summed E-state index contributed by atoms with van der Waals surface area (Å²) in [4.78, 5) is 11.9. The summed E-state index contributed by atoms with van der Waals surface area (Å²) in [6.07, 6.45) is 19.2. The van der Waals surface area contributed by atoms with Crippen LogP contribution in [0.5, 0.6) is 0 Å². The van der Waals surface area contributed by atoms with E-state index in [9.17, 15) is 4.79 Å². The molecule has 19 heavy (non-hydrogen) atoms.